The van der Waals surface area contributed by atoms with Gasteiger partial charge in [-0.2, -0.15) is 10.1 Å². The van der Waals surface area contributed by atoms with Gasteiger partial charge in [0.25, 0.3) is 17.7 Å². The monoisotopic (exact) mass is 398 g/mol. The molecule has 0 saturated carbocycles. The highest BCUT2D eigenvalue weighted by molar-refractivity contribution is 7.58. The summed E-state index contributed by atoms with van der Waals surface area (Å²) in [6, 6.07) is 5.75. The molecule has 0 aliphatic carbocycles. The van der Waals surface area contributed by atoms with Crippen molar-refractivity contribution in [1.82, 2.24) is 24.7 Å². The molecule has 10 heteroatoms. The zero-order valence-electron chi connectivity index (χ0n) is 14.8. The number of rotatable bonds is 5. The zero-order valence-corrected chi connectivity index (χ0v) is 15.7. The number of nitrogens with zero attached hydrogens (tertiary/aromatic N) is 4. The van der Waals surface area contributed by atoms with Gasteiger partial charge in [-0.3, -0.25) is 19.0 Å². The fourth-order valence-electron chi connectivity index (χ4n) is 2.97. The van der Waals surface area contributed by atoms with Crippen molar-refractivity contribution in [3.8, 4) is 0 Å². The van der Waals surface area contributed by atoms with Crippen LogP contribution < -0.4 is 5.09 Å². The van der Waals surface area contributed by atoms with Crippen LogP contribution in [0.4, 0.5) is 4.79 Å². The highest BCUT2D eigenvalue weighted by Crippen LogP contribution is 2.27. The minimum absolute atomic E-state index is 0.0273. The minimum Gasteiger partial charge on any atom is -0.271 e. The van der Waals surface area contributed by atoms with Crippen LogP contribution in [0.25, 0.3) is 0 Å². The second kappa shape index (κ2) is 7.36. The first-order chi connectivity index (χ1) is 13.6. The van der Waals surface area contributed by atoms with Crippen LogP contribution in [0.1, 0.15) is 33.6 Å². The predicted molar refractivity (Wildman–Crippen MR) is 102 cm³/mol. The van der Waals surface area contributed by atoms with E-state index in [1.807, 2.05) is 0 Å². The summed E-state index contributed by atoms with van der Waals surface area (Å²) in [7, 11) is -0.576. The molecule has 1 unspecified atom stereocenters. The number of carbonyl (C=O) groups is 4. The van der Waals surface area contributed by atoms with Gasteiger partial charge in [0.1, 0.15) is 18.3 Å². The average molecular weight is 398 g/mol. The molecule has 1 aromatic heterocycles. The largest absolute Gasteiger partial charge is 0.348 e. The maximum atomic E-state index is 12.9. The number of amides is 4. The number of hydrogen-bond acceptors (Lipinski definition) is 5. The summed E-state index contributed by atoms with van der Waals surface area (Å²) in [6.07, 6.45) is 6.03. The van der Waals surface area contributed by atoms with Crippen molar-refractivity contribution < 1.29 is 19.2 Å². The molecule has 4 rings (SSSR count). The average Bonchev–Trinajstić information content (AvgIpc) is 3.28. The maximum Gasteiger partial charge on any atom is 0.348 e. The lowest BCUT2D eigenvalue weighted by molar-refractivity contribution is -0.119. The van der Waals surface area contributed by atoms with Crippen molar-refractivity contribution in [1.29, 1.82) is 0 Å². The molecule has 2 aromatic rings. The van der Waals surface area contributed by atoms with Gasteiger partial charge in [0.05, 0.1) is 17.7 Å². The van der Waals surface area contributed by atoms with Crippen LogP contribution in [0, 0.1) is 0 Å². The second-order valence-electron chi connectivity index (χ2n) is 6.29. The molecule has 1 aromatic carbocycles. The van der Waals surface area contributed by atoms with Crippen molar-refractivity contribution in [2.75, 3.05) is 12.7 Å². The lowest BCUT2D eigenvalue weighted by Gasteiger charge is -2.29. The summed E-state index contributed by atoms with van der Waals surface area (Å²) in [5.41, 5.74) is 0.459. The molecule has 1 atom stereocenters. The Morgan fingerprint density at radius 2 is 1.86 bits per heavy atom. The van der Waals surface area contributed by atoms with Gasteiger partial charge in [0.2, 0.25) is 7.70 Å². The molecule has 0 radical (unpaired) electrons. The lowest BCUT2D eigenvalue weighted by atomic mass is 10.1. The summed E-state index contributed by atoms with van der Waals surface area (Å²) < 4.78 is 1.16. The minimum atomic E-state index is -0.638. The quantitative estimate of drug-likeness (QED) is 0.607. The molecule has 28 heavy (non-hydrogen) atoms. The Bertz CT molecular complexity index is 966. The maximum absolute atomic E-state index is 12.9. The molecule has 0 bridgehead atoms. The van der Waals surface area contributed by atoms with E-state index in [0.29, 0.717) is 0 Å². The number of benzene rings is 1. The molecule has 0 spiro atoms. The van der Waals surface area contributed by atoms with Crippen LogP contribution in [0.3, 0.4) is 0 Å². The molecular formula is C18H17N5O4P+. The summed E-state index contributed by atoms with van der Waals surface area (Å²) in [4.78, 5) is 54.5. The van der Waals surface area contributed by atoms with Gasteiger partial charge in [-0.15, -0.1) is 0 Å². The third-order valence-electron chi connectivity index (χ3n) is 4.50. The van der Waals surface area contributed by atoms with Gasteiger partial charge in [0.15, 0.2) is 0 Å². The molecule has 0 saturated heterocycles. The third kappa shape index (κ3) is 3.20. The Kier molecular flexibility index (Phi) is 4.75. The molecule has 142 valence electrons. The third-order valence-corrected chi connectivity index (χ3v) is 6.47. The van der Waals surface area contributed by atoms with E-state index in [0.717, 1.165) is 27.2 Å². The summed E-state index contributed by atoms with van der Waals surface area (Å²) in [5, 5.41) is 4.71. The summed E-state index contributed by atoms with van der Waals surface area (Å²) in [6.45, 7) is -0.114. The Morgan fingerprint density at radius 3 is 2.39 bits per heavy atom. The molecule has 1 N–H and O–H groups in total. The first kappa shape index (κ1) is 18.1. The number of imide groups is 1. The predicted octanol–water partition coefficient (Wildman–Crippen LogP) is 1.47. The highest BCUT2D eigenvalue weighted by Gasteiger charge is 2.41. The van der Waals surface area contributed by atoms with Gasteiger partial charge in [-0.05, 0) is 12.1 Å². The Labute approximate surface area is 161 Å². The highest BCUT2D eigenvalue weighted by atomic mass is 31.1. The molecule has 3 heterocycles. The van der Waals surface area contributed by atoms with E-state index in [1.54, 1.807) is 12.1 Å². The molecule has 2 aliphatic heterocycles. The van der Waals surface area contributed by atoms with E-state index < -0.39 is 25.5 Å². The Balaban J connectivity index is 1.58. The van der Waals surface area contributed by atoms with Crippen molar-refractivity contribution >= 4 is 37.2 Å². The SMILES string of the molecule is O=C(CCN(C(=O)n1ccnc1)N1C(=O)c2ccccc2C1=O)N[P+]1=CCC1. The molecule has 9 nitrogen and oxygen atoms in total. The van der Waals surface area contributed by atoms with Crippen molar-refractivity contribution in [3.63, 3.8) is 0 Å². The number of imidazole rings is 1. The van der Waals surface area contributed by atoms with E-state index in [-0.39, 0.29) is 30.0 Å². The number of hydrogen-bond donors (Lipinski definition) is 1. The van der Waals surface area contributed by atoms with Crippen LogP contribution in [-0.2, 0) is 4.79 Å². The second-order valence-corrected chi connectivity index (χ2v) is 8.27. The number of aromatic nitrogens is 2. The topological polar surface area (TPSA) is 105 Å². The summed E-state index contributed by atoms with van der Waals surface area (Å²) >= 11 is 0. The Hall–Kier alpha value is -3.32. The zero-order chi connectivity index (χ0) is 19.7. The van der Waals surface area contributed by atoms with Crippen LogP contribution in [0.2, 0.25) is 0 Å². The van der Waals surface area contributed by atoms with E-state index in [9.17, 15) is 19.2 Å². The van der Waals surface area contributed by atoms with Crippen molar-refractivity contribution in [3.05, 3.63) is 54.1 Å². The van der Waals surface area contributed by atoms with Crippen LogP contribution >= 0.6 is 7.70 Å². The van der Waals surface area contributed by atoms with Gasteiger partial charge < -0.3 is 0 Å². The Morgan fingerprint density at radius 1 is 1.18 bits per heavy atom. The first-order valence-electron chi connectivity index (χ1n) is 8.73. The molecular weight excluding hydrogens is 381 g/mol. The van der Waals surface area contributed by atoms with Gasteiger partial charge in [-0.1, -0.05) is 12.1 Å². The summed E-state index contributed by atoms with van der Waals surface area (Å²) in [5.74, 6) is 0.658. The number of hydrazine groups is 1. The standard InChI is InChI=1S/C18H16N5O4P/c24-15(20-28-10-3-11-28)6-8-22(18(27)21-9-7-19-12-21)23-16(25)13-4-1-2-5-14(13)17(23)26/h1-2,4-5,7,9-10,12H,3,6,8,11H2/p+1. The number of carbonyl (C=O) groups excluding carboxylic acids is 4. The van der Waals surface area contributed by atoms with Crippen LogP contribution in [0.5, 0.6) is 0 Å². The fourth-order valence-corrected chi connectivity index (χ4v) is 4.12. The fraction of sp³-hybridized carbons (Fsp3) is 0.222. The van der Waals surface area contributed by atoms with Gasteiger partial charge in [0, 0.05) is 25.2 Å². The van der Waals surface area contributed by atoms with Crippen LogP contribution in [-0.4, -0.2) is 61.8 Å². The van der Waals surface area contributed by atoms with E-state index in [2.05, 4.69) is 15.9 Å². The molecule has 0 fully saturated rings. The van der Waals surface area contributed by atoms with Gasteiger partial charge >= 0.3 is 6.03 Å². The van der Waals surface area contributed by atoms with E-state index in [1.165, 1.54) is 30.9 Å². The first-order valence-corrected chi connectivity index (χ1v) is 10.3. The van der Waals surface area contributed by atoms with E-state index in [4.69, 9.17) is 0 Å². The lowest BCUT2D eigenvalue weighted by Crippen LogP contribution is -2.52. The van der Waals surface area contributed by atoms with Crippen molar-refractivity contribution in [2.45, 2.75) is 12.8 Å². The number of fused-ring (bicyclic) bond motifs is 1. The smallest absolute Gasteiger partial charge is 0.271 e. The molecule has 2 aliphatic rings. The molecule has 4 amide bonds. The van der Waals surface area contributed by atoms with Crippen LogP contribution in [0.15, 0.2) is 43.0 Å². The number of nitrogens with one attached hydrogen (secondary N) is 1. The van der Waals surface area contributed by atoms with E-state index >= 15 is 0 Å². The van der Waals surface area contributed by atoms with Gasteiger partial charge in [-0.25, -0.2) is 14.8 Å². The normalized spacial score (nSPS) is 16.3. The van der Waals surface area contributed by atoms with Crippen molar-refractivity contribution in [2.24, 2.45) is 0 Å².